The Morgan fingerprint density at radius 3 is 2.96 bits per heavy atom. The Morgan fingerprint density at radius 1 is 1.42 bits per heavy atom. The molecule has 3 rings (SSSR count). The average molecular weight is 351 g/mol. The number of hydrogen-bond acceptors (Lipinski definition) is 4. The number of aryl methyl sites for hydroxylation is 1. The molecular weight excluding hydrogens is 328 g/mol. The van der Waals surface area contributed by atoms with E-state index in [1.165, 1.54) is 0 Å². The highest BCUT2D eigenvalue weighted by Crippen LogP contribution is 2.23. The molecule has 1 aliphatic rings. The Balaban J connectivity index is 0.00000208. The van der Waals surface area contributed by atoms with Crippen molar-refractivity contribution in [1.82, 2.24) is 20.4 Å². The van der Waals surface area contributed by atoms with Gasteiger partial charge >= 0.3 is 0 Å². The van der Waals surface area contributed by atoms with Crippen LogP contribution in [0.5, 0.6) is 5.75 Å². The number of hydrogen-bond donors (Lipinski definition) is 2. The number of amides is 1. The summed E-state index contributed by atoms with van der Waals surface area (Å²) in [6.45, 7) is 3.85. The average Bonchev–Trinajstić information content (AvgIpc) is 3.06. The molecule has 1 aliphatic heterocycles. The van der Waals surface area contributed by atoms with Crippen LogP contribution < -0.4 is 15.4 Å². The second-order valence-electron chi connectivity index (χ2n) is 5.84. The summed E-state index contributed by atoms with van der Waals surface area (Å²) in [6, 6.07) is 7.77. The van der Waals surface area contributed by atoms with E-state index >= 15 is 0 Å². The molecule has 0 spiro atoms. The molecule has 1 fully saturated rings. The quantitative estimate of drug-likeness (QED) is 0.886. The molecule has 6 nitrogen and oxygen atoms in total. The molecule has 0 unspecified atom stereocenters. The van der Waals surface area contributed by atoms with E-state index in [1.807, 2.05) is 25.1 Å². The number of methoxy groups -OCH3 is 1. The fourth-order valence-corrected chi connectivity index (χ4v) is 2.79. The minimum Gasteiger partial charge on any atom is -0.494 e. The lowest BCUT2D eigenvalue weighted by molar-refractivity contribution is 0.0925. The van der Waals surface area contributed by atoms with Crippen molar-refractivity contribution in [3.63, 3.8) is 0 Å². The molecule has 2 N–H and O–H groups in total. The van der Waals surface area contributed by atoms with Crippen LogP contribution in [0.2, 0.25) is 0 Å². The second-order valence-corrected chi connectivity index (χ2v) is 5.84. The van der Waals surface area contributed by atoms with Gasteiger partial charge in [-0.2, -0.15) is 5.10 Å². The van der Waals surface area contributed by atoms with Crippen molar-refractivity contribution in [2.24, 2.45) is 0 Å². The van der Waals surface area contributed by atoms with Crippen LogP contribution in [0.15, 0.2) is 30.5 Å². The van der Waals surface area contributed by atoms with Crippen molar-refractivity contribution in [3.05, 3.63) is 41.7 Å². The van der Waals surface area contributed by atoms with E-state index in [2.05, 4.69) is 15.7 Å². The first-order valence-electron chi connectivity index (χ1n) is 7.89. The molecule has 0 bridgehead atoms. The Hall–Kier alpha value is -2.05. The molecule has 0 aliphatic carbocycles. The van der Waals surface area contributed by atoms with Crippen molar-refractivity contribution < 1.29 is 9.53 Å². The van der Waals surface area contributed by atoms with Crippen LogP contribution in [0.4, 0.5) is 0 Å². The molecule has 1 aromatic heterocycles. The number of carbonyl (C=O) groups excluding carboxylic acids is 1. The second kappa shape index (κ2) is 8.17. The van der Waals surface area contributed by atoms with Crippen LogP contribution in [0.1, 0.15) is 28.9 Å². The summed E-state index contributed by atoms with van der Waals surface area (Å²) in [4.78, 5) is 12.3. The summed E-state index contributed by atoms with van der Waals surface area (Å²) in [5, 5.41) is 10.7. The third-order valence-corrected chi connectivity index (χ3v) is 4.03. The first kappa shape index (κ1) is 18.3. The maximum atomic E-state index is 12.3. The van der Waals surface area contributed by atoms with E-state index in [0.29, 0.717) is 5.69 Å². The van der Waals surface area contributed by atoms with Crippen LogP contribution in [-0.4, -0.2) is 41.9 Å². The van der Waals surface area contributed by atoms with Gasteiger partial charge in [-0.3, -0.25) is 4.79 Å². The predicted octanol–water partition coefficient (Wildman–Crippen LogP) is 2.09. The monoisotopic (exact) mass is 350 g/mol. The third-order valence-electron chi connectivity index (χ3n) is 4.03. The van der Waals surface area contributed by atoms with Crippen LogP contribution in [-0.2, 0) is 0 Å². The lowest BCUT2D eigenvalue weighted by Crippen LogP contribution is -2.45. The van der Waals surface area contributed by atoms with Crippen LogP contribution in [0.3, 0.4) is 0 Å². The lowest BCUT2D eigenvalue weighted by atomic mass is 10.1. The molecule has 2 heterocycles. The number of aromatic nitrogens is 2. The van der Waals surface area contributed by atoms with Crippen molar-refractivity contribution in [2.45, 2.75) is 25.8 Å². The molecule has 2 aromatic rings. The molecule has 1 saturated heterocycles. The van der Waals surface area contributed by atoms with Crippen LogP contribution in [0.25, 0.3) is 5.69 Å². The highest BCUT2D eigenvalue weighted by molar-refractivity contribution is 5.92. The van der Waals surface area contributed by atoms with Gasteiger partial charge in [-0.05, 0) is 50.1 Å². The summed E-state index contributed by atoms with van der Waals surface area (Å²) in [7, 11) is 1.63. The van der Waals surface area contributed by atoms with E-state index in [4.69, 9.17) is 4.74 Å². The van der Waals surface area contributed by atoms with Gasteiger partial charge in [0.15, 0.2) is 5.69 Å². The van der Waals surface area contributed by atoms with Crippen molar-refractivity contribution in [2.75, 3.05) is 20.2 Å². The standard InChI is InChI=1S/C17H22N4O2.ClH/c1-12-5-6-16(23-2)15(10-12)21-9-7-14(20-21)17(22)19-13-4-3-8-18-11-13;/h5-7,9-10,13,18H,3-4,8,11H2,1-2H3,(H,19,22);1H/t13-;/m0./s1. The Bertz CT molecular complexity index is 696. The lowest BCUT2D eigenvalue weighted by Gasteiger charge is -2.23. The zero-order valence-corrected chi connectivity index (χ0v) is 14.7. The molecular formula is C17H23ClN4O2. The van der Waals surface area contributed by atoms with Gasteiger partial charge in [-0.1, -0.05) is 6.07 Å². The van der Waals surface area contributed by atoms with Crippen LogP contribution >= 0.6 is 12.4 Å². The van der Waals surface area contributed by atoms with E-state index in [1.54, 1.807) is 24.1 Å². The molecule has 24 heavy (non-hydrogen) atoms. The summed E-state index contributed by atoms with van der Waals surface area (Å²) in [5.41, 5.74) is 2.35. The van der Waals surface area contributed by atoms with Crippen molar-refractivity contribution >= 4 is 18.3 Å². The highest BCUT2D eigenvalue weighted by atomic mass is 35.5. The maximum absolute atomic E-state index is 12.3. The van der Waals surface area contributed by atoms with E-state index < -0.39 is 0 Å². The number of piperidine rings is 1. The zero-order chi connectivity index (χ0) is 16.2. The van der Waals surface area contributed by atoms with Gasteiger partial charge < -0.3 is 15.4 Å². The number of carbonyl (C=O) groups is 1. The number of rotatable bonds is 4. The maximum Gasteiger partial charge on any atom is 0.272 e. The van der Waals surface area contributed by atoms with Gasteiger partial charge in [0.05, 0.1) is 7.11 Å². The first-order chi connectivity index (χ1) is 11.2. The Morgan fingerprint density at radius 2 is 2.25 bits per heavy atom. The number of ether oxygens (including phenoxy) is 1. The minimum atomic E-state index is -0.135. The van der Waals surface area contributed by atoms with Crippen molar-refractivity contribution in [1.29, 1.82) is 0 Å². The molecule has 1 amide bonds. The topological polar surface area (TPSA) is 68.2 Å². The number of nitrogens with zero attached hydrogens (tertiary/aromatic N) is 2. The number of benzene rings is 1. The van der Waals surface area contributed by atoms with E-state index in [9.17, 15) is 4.79 Å². The van der Waals surface area contributed by atoms with Gasteiger partial charge in [0, 0.05) is 18.8 Å². The smallest absolute Gasteiger partial charge is 0.272 e. The molecule has 130 valence electrons. The molecule has 0 radical (unpaired) electrons. The van der Waals surface area contributed by atoms with Gasteiger partial charge in [-0.25, -0.2) is 4.68 Å². The number of nitrogens with one attached hydrogen (secondary N) is 2. The SMILES string of the molecule is COc1ccc(C)cc1-n1ccc(C(=O)N[C@H]2CCCNC2)n1.Cl. The summed E-state index contributed by atoms with van der Waals surface area (Å²) in [6.07, 6.45) is 3.87. The zero-order valence-electron chi connectivity index (χ0n) is 13.9. The molecule has 7 heteroatoms. The number of halogens is 1. The Kier molecular flexibility index (Phi) is 6.23. The minimum absolute atomic E-state index is 0. The van der Waals surface area contributed by atoms with Gasteiger partial charge in [0.25, 0.3) is 5.91 Å². The summed E-state index contributed by atoms with van der Waals surface area (Å²) in [5.74, 6) is 0.589. The fourth-order valence-electron chi connectivity index (χ4n) is 2.79. The van der Waals surface area contributed by atoms with Crippen LogP contribution in [0, 0.1) is 6.92 Å². The molecule has 1 atom stereocenters. The summed E-state index contributed by atoms with van der Waals surface area (Å²) < 4.78 is 7.06. The molecule has 1 aromatic carbocycles. The molecule has 0 saturated carbocycles. The normalized spacial score (nSPS) is 17.0. The predicted molar refractivity (Wildman–Crippen MR) is 95.5 cm³/mol. The van der Waals surface area contributed by atoms with E-state index in [0.717, 1.165) is 42.9 Å². The van der Waals surface area contributed by atoms with Gasteiger partial charge in [0.2, 0.25) is 0 Å². The summed E-state index contributed by atoms with van der Waals surface area (Å²) >= 11 is 0. The largest absolute Gasteiger partial charge is 0.494 e. The highest BCUT2D eigenvalue weighted by Gasteiger charge is 2.18. The fraction of sp³-hybridized carbons (Fsp3) is 0.412. The van der Waals surface area contributed by atoms with Gasteiger partial charge in [-0.15, -0.1) is 12.4 Å². The van der Waals surface area contributed by atoms with Gasteiger partial charge in [0.1, 0.15) is 11.4 Å². The first-order valence-corrected chi connectivity index (χ1v) is 7.89. The van der Waals surface area contributed by atoms with Crippen molar-refractivity contribution in [3.8, 4) is 11.4 Å². The Labute approximate surface area is 148 Å². The van der Waals surface area contributed by atoms with E-state index in [-0.39, 0.29) is 24.4 Å². The third kappa shape index (κ3) is 4.07.